The number of anilines is 2. The van der Waals surface area contributed by atoms with Gasteiger partial charge in [0, 0.05) is 10.7 Å². The number of alkyl halides is 6. The van der Waals surface area contributed by atoms with Crippen molar-refractivity contribution in [1.29, 1.82) is 0 Å². The van der Waals surface area contributed by atoms with Crippen molar-refractivity contribution in [2.45, 2.75) is 12.4 Å². The van der Waals surface area contributed by atoms with Crippen LogP contribution in [0.2, 0.25) is 5.02 Å². The van der Waals surface area contributed by atoms with E-state index in [1.807, 2.05) is 5.32 Å². The van der Waals surface area contributed by atoms with Crippen LogP contribution in [0.1, 0.15) is 11.1 Å². The van der Waals surface area contributed by atoms with Gasteiger partial charge in [-0.3, -0.25) is 0 Å². The van der Waals surface area contributed by atoms with Gasteiger partial charge in [-0.2, -0.15) is 26.3 Å². The number of carbonyl (C=O) groups is 1. The number of rotatable bonds is 2. The molecule has 0 fully saturated rings. The van der Waals surface area contributed by atoms with Crippen LogP contribution in [0.15, 0.2) is 36.4 Å². The van der Waals surface area contributed by atoms with E-state index < -0.39 is 40.9 Å². The molecular weight excluding hydrogens is 390 g/mol. The van der Waals surface area contributed by atoms with Crippen LogP contribution >= 0.6 is 11.6 Å². The molecule has 0 heterocycles. The molecule has 0 saturated carbocycles. The summed E-state index contributed by atoms with van der Waals surface area (Å²) in [6.07, 6.45) is -10.1. The van der Waals surface area contributed by atoms with Gasteiger partial charge in [-0.25, -0.2) is 4.79 Å². The molecule has 0 bridgehead atoms. The lowest BCUT2D eigenvalue weighted by Crippen LogP contribution is -2.21. The van der Waals surface area contributed by atoms with Gasteiger partial charge < -0.3 is 15.7 Å². The lowest BCUT2D eigenvalue weighted by Gasteiger charge is -2.15. The summed E-state index contributed by atoms with van der Waals surface area (Å²) in [6.45, 7) is 0. The van der Waals surface area contributed by atoms with Crippen molar-refractivity contribution in [2.75, 3.05) is 10.6 Å². The van der Waals surface area contributed by atoms with Gasteiger partial charge in [0.25, 0.3) is 0 Å². The Morgan fingerprint density at radius 2 is 1.42 bits per heavy atom. The van der Waals surface area contributed by atoms with Crippen LogP contribution in [0, 0.1) is 0 Å². The third-order valence-corrected chi connectivity index (χ3v) is 3.29. The molecule has 3 N–H and O–H groups in total. The number of halogens is 7. The van der Waals surface area contributed by atoms with Gasteiger partial charge >= 0.3 is 18.4 Å². The van der Waals surface area contributed by atoms with Crippen molar-refractivity contribution in [1.82, 2.24) is 0 Å². The number of phenolic OH excluding ortho intramolecular Hbond substituents is 1. The molecule has 2 rings (SSSR count). The molecule has 2 aromatic rings. The maximum Gasteiger partial charge on any atom is 0.416 e. The number of hydrogen-bond acceptors (Lipinski definition) is 2. The largest absolute Gasteiger partial charge is 0.506 e. The van der Waals surface area contributed by atoms with Gasteiger partial charge in [-0.1, -0.05) is 11.6 Å². The van der Waals surface area contributed by atoms with Crippen LogP contribution in [0.3, 0.4) is 0 Å². The van der Waals surface area contributed by atoms with Crippen LogP contribution < -0.4 is 10.6 Å². The molecule has 26 heavy (non-hydrogen) atoms. The molecule has 0 aromatic heterocycles. The first kappa shape index (κ1) is 19.7. The summed E-state index contributed by atoms with van der Waals surface area (Å²) < 4.78 is 76.6. The minimum atomic E-state index is -5.04. The van der Waals surface area contributed by atoms with E-state index in [0.29, 0.717) is 12.1 Å². The first-order chi connectivity index (χ1) is 11.9. The van der Waals surface area contributed by atoms with E-state index in [-0.39, 0.29) is 16.8 Å². The van der Waals surface area contributed by atoms with Gasteiger partial charge in [0.15, 0.2) is 0 Å². The van der Waals surface area contributed by atoms with Crippen LogP contribution in [0.4, 0.5) is 42.5 Å². The van der Waals surface area contributed by atoms with Crippen LogP contribution in [-0.2, 0) is 12.4 Å². The number of urea groups is 1. The molecule has 0 aliphatic heterocycles. The van der Waals surface area contributed by atoms with Gasteiger partial charge in [0.05, 0.1) is 16.8 Å². The highest BCUT2D eigenvalue weighted by Crippen LogP contribution is 2.37. The zero-order chi connectivity index (χ0) is 19.7. The van der Waals surface area contributed by atoms with Crippen molar-refractivity contribution < 1.29 is 36.2 Å². The van der Waals surface area contributed by atoms with Gasteiger partial charge in [0.1, 0.15) is 5.75 Å². The van der Waals surface area contributed by atoms with Crippen molar-refractivity contribution >= 4 is 29.0 Å². The maximum atomic E-state index is 12.8. The molecule has 0 saturated heterocycles. The molecular formula is C15H9ClF6N2O2. The second-order valence-corrected chi connectivity index (χ2v) is 5.47. The molecule has 4 nitrogen and oxygen atoms in total. The topological polar surface area (TPSA) is 61.4 Å². The molecule has 0 unspecified atom stereocenters. The normalized spacial score (nSPS) is 12.0. The molecule has 2 amide bonds. The Hall–Kier alpha value is -2.62. The van der Waals surface area contributed by atoms with Gasteiger partial charge in [-0.15, -0.1) is 0 Å². The quantitative estimate of drug-likeness (QED) is 0.447. The lowest BCUT2D eigenvalue weighted by molar-refractivity contribution is -0.143. The monoisotopic (exact) mass is 398 g/mol. The van der Waals surface area contributed by atoms with Crippen LogP contribution in [0.25, 0.3) is 0 Å². The molecule has 0 aliphatic carbocycles. The first-order valence-electron chi connectivity index (χ1n) is 6.72. The summed E-state index contributed by atoms with van der Waals surface area (Å²) in [5.74, 6) is -0.399. The summed E-state index contributed by atoms with van der Waals surface area (Å²) in [7, 11) is 0. The molecule has 0 aliphatic rings. The fraction of sp³-hybridized carbons (Fsp3) is 0.133. The number of phenols is 1. The molecule has 2 aromatic carbocycles. The summed E-state index contributed by atoms with van der Waals surface area (Å²) in [5, 5.41) is 13.6. The summed E-state index contributed by atoms with van der Waals surface area (Å²) in [4.78, 5) is 11.8. The Labute approximate surface area is 147 Å². The van der Waals surface area contributed by atoms with E-state index in [4.69, 9.17) is 11.6 Å². The minimum Gasteiger partial charge on any atom is -0.506 e. The third kappa shape index (κ3) is 4.94. The van der Waals surface area contributed by atoms with Gasteiger partial charge in [0.2, 0.25) is 0 Å². The van der Waals surface area contributed by atoms with Crippen molar-refractivity contribution in [2.24, 2.45) is 0 Å². The number of hydrogen-bond donors (Lipinski definition) is 3. The van der Waals surface area contributed by atoms with E-state index in [2.05, 4.69) is 5.32 Å². The number of nitrogens with one attached hydrogen (secondary N) is 2. The van der Waals surface area contributed by atoms with Crippen molar-refractivity contribution in [3.05, 3.63) is 52.5 Å². The first-order valence-corrected chi connectivity index (χ1v) is 7.10. The van der Waals surface area contributed by atoms with Gasteiger partial charge in [-0.05, 0) is 36.4 Å². The zero-order valence-corrected chi connectivity index (χ0v) is 13.2. The Bertz CT molecular complexity index is 804. The van der Waals surface area contributed by atoms with E-state index in [1.54, 1.807) is 0 Å². The highest BCUT2D eigenvalue weighted by atomic mass is 35.5. The molecule has 0 atom stereocenters. The highest BCUT2D eigenvalue weighted by molar-refractivity contribution is 6.31. The SMILES string of the molecule is O=C(Nc1cc(C(F)(F)F)cc(C(F)(F)F)c1)Nc1cc(Cl)ccc1O. The number of aromatic hydroxyl groups is 1. The molecule has 140 valence electrons. The molecule has 0 radical (unpaired) electrons. The minimum absolute atomic E-state index is 0.0636. The number of amides is 2. The lowest BCUT2D eigenvalue weighted by atomic mass is 10.1. The smallest absolute Gasteiger partial charge is 0.416 e. The second kappa shape index (κ2) is 6.94. The summed E-state index contributed by atoms with van der Waals surface area (Å²) in [6, 6.07) is 3.07. The maximum absolute atomic E-state index is 12.8. The van der Waals surface area contributed by atoms with E-state index in [0.717, 1.165) is 12.1 Å². The van der Waals surface area contributed by atoms with E-state index in [1.165, 1.54) is 6.07 Å². The Morgan fingerprint density at radius 1 is 0.885 bits per heavy atom. The highest BCUT2D eigenvalue weighted by Gasteiger charge is 2.37. The fourth-order valence-corrected chi connectivity index (χ4v) is 2.09. The summed E-state index contributed by atoms with van der Waals surface area (Å²) in [5.41, 5.74) is -4.06. The number of carbonyl (C=O) groups excluding carboxylic acids is 1. The van der Waals surface area contributed by atoms with Crippen LogP contribution in [-0.4, -0.2) is 11.1 Å². The summed E-state index contributed by atoms with van der Waals surface area (Å²) >= 11 is 5.67. The average Bonchev–Trinajstić information content (AvgIpc) is 2.49. The second-order valence-electron chi connectivity index (χ2n) is 5.04. The number of benzene rings is 2. The third-order valence-electron chi connectivity index (χ3n) is 3.05. The van der Waals surface area contributed by atoms with Crippen molar-refractivity contribution in [3.8, 4) is 5.75 Å². The Morgan fingerprint density at radius 3 is 1.92 bits per heavy atom. The van der Waals surface area contributed by atoms with E-state index in [9.17, 15) is 36.2 Å². The Kier molecular flexibility index (Phi) is 5.26. The standard InChI is InChI=1S/C15H9ClF6N2O2/c16-9-1-2-12(25)11(6-9)24-13(26)23-10-4-7(14(17,18)19)3-8(5-10)15(20,21)22/h1-6,25H,(H2,23,24,26). The molecule has 0 spiro atoms. The predicted molar refractivity (Wildman–Crippen MR) is 82.2 cm³/mol. The van der Waals surface area contributed by atoms with Crippen LogP contribution in [0.5, 0.6) is 5.75 Å². The zero-order valence-electron chi connectivity index (χ0n) is 12.5. The average molecular weight is 399 g/mol. The fourth-order valence-electron chi connectivity index (χ4n) is 1.92. The predicted octanol–water partition coefficient (Wildman–Crippen LogP) is 5.73. The van der Waals surface area contributed by atoms with E-state index >= 15 is 0 Å². The Balaban J connectivity index is 2.30. The van der Waals surface area contributed by atoms with Crippen molar-refractivity contribution in [3.63, 3.8) is 0 Å². The molecule has 11 heteroatoms.